The van der Waals surface area contributed by atoms with E-state index in [1.807, 2.05) is 0 Å². The molecule has 16 heavy (non-hydrogen) atoms. The lowest BCUT2D eigenvalue weighted by atomic mass is 9.99. The smallest absolute Gasteiger partial charge is 0.147 e. The highest BCUT2D eigenvalue weighted by Crippen LogP contribution is 2.18. The number of ether oxygens (including phenoxy) is 1. The fourth-order valence-corrected chi connectivity index (χ4v) is 1.05. The van der Waals surface area contributed by atoms with Gasteiger partial charge in [0.1, 0.15) is 23.9 Å². The maximum Gasteiger partial charge on any atom is 0.147 e. The van der Waals surface area contributed by atoms with Gasteiger partial charge in [0.05, 0.1) is 7.34 Å². The highest BCUT2D eigenvalue weighted by molar-refractivity contribution is 5.87. The van der Waals surface area contributed by atoms with Crippen molar-refractivity contribution in [1.82, 2.24) is 0 Å². The first-order valence-corrected chi connectivity index (χ1v) is 4.16. The van der Waals surface area contributed by atoms with Crippen molar-refractivity contribution in [2.75, 3.05) is 0 Å². The van der Waals surface area contributed by atoms with Crippen LogP contribution in [0.3, 0.4) is 0 Å². The molecule has 2 atom stereocenters. The van der Waals surface area contributed by atoms with E-state index >= 15 is 0 Å². The molecule has 0 fully saturated rings. The standard InChI is InChI=1S/C10H10O6/c1-5(9(12)13)16-7-4-2-3-6(8(7)11)10(14)15/h2-4,7-8,11H,1H2,(H,12,13)(H,14,15)/p-2/t7-,8-/m0/s1/i8D. The van der Waals surface area contributed by atoms with Crippen LogP contribution in [0.4, 0.5) is 0 Å². The topological polar surface area (TPSA) is 110 Å². The summed E-state index contributed by atoms with van der Waals surface area (Å²) in [6, 6.07) is 0. The highest BCUT2D eigenvalue weighted by Gasteiger charge is 2.25. The molecule has 0 bridgehead atoms. The van der Waals surface area contributed by atoms with Crippen molar-refractivity contribution in [3.63, 3.8) is 0 Å². The van der Waals surface area contributed by atoms with Gasteiger partial charge in [-0.25, -0.2) is 0 Å². The van der Waals surface area contributed by atoms with Gasteiger partial charge in [0.2, 0.25) is 0 Å². The Hall–Kier alpha value is -2.08. The quantitative estimate of drug-likeness (QED) is 0.410. The van der Waals surface area contributed by atoms with E-state index in [0.29, 0.717) is 0 Å². The summed E-state index contributed by atoms with van der Waals surface area (Å²) in [5.41, 5.74) is -0.740. The number of carboxylic acids is 2. The zero-order valence-corrected chi connectivity index (χ0v) is 8.00. The van der Waals surface area contributed by atoms with Crippen LogP contribution in [0.2, 0.25) is 0 Å². The Morgan fingerprint density at radius 1 is 1.56 bits per heavy atom. The lowest BCUT2D eigenvalue weighted by Crippen LogP contribution is -2.40. The van der Waals surface area contributed by atoms with E-state index in [1.165, 1.54) is 6.08 Å². The Bertz CT molecular complexity index is 434. The Kier molecular flexibility index (Phi) is 3.02. The summed E-state index contributed by atoms with van der Waals surface area (Å²) in [7, 11) is 0. The molecule has 1 rings (SSSR count). The minimum atomic E-state index is -2.66. The van der Waals surface area contributed by atoms with Gasteiger partial charge in [-0.1, -0.05) is 18.7 Å². The maximum atomic E-state index is 10.6. The van der Waals surface area contributed by atoms with Crippen LogP contribution in [-0.4, -0.2) is 29.2 Å². The molecule has 0 saturated carbocycles. The molecule has 0 unspecified atom stereocenters. The number of carboxylic acid groups (broad SMARTS) is 2. The van der Waals surface area contributed by atoms with Gasteiger partial charge in [-0.15, -0.1) is 0 Å². The van der Waals surface area contributed by atoms with Gasteiger partial charge in [0.15, 0.2) is 0 Å². The van der Waals surface area contributed by atoms with Crippen LogP contribution in [0.1, 0.15) is 1.37 Å². The van der Waals surface area contributed by atoms with Crippen molar-refractivity contribution < 1.29 is 31.0 Å². The monoisotopic (exact) mass is 225 g/mol. The number of aliphatic hydroxyl groups is 1. The van der Waals surface area contributed by atoms with E-state index in [1.54, 1.807) is 0 Å². The van der Waals surface area contributed by atoms with Crippen LogP contribution in [0.5, 0.6) is 0 Å². The summed E-state index contributed by atoms with van der Waals surface area (Å²) in [6.07, 6.45) is -0.906. The molecule has 0 amide bonds. The fourth-order valence-electron chi connectivity index (χ4n) is 1.05. The Morgan fingerprint density at radius 2 is 2.19 bits per heavy atom. The van der Waals surface area contributed by atoms with Crippen LogP contribution in [0.15, 0.2) is 36.1 Å². The van der Waals surface area contributed by atoms with Gasteiger partial charge in [-0.2, -0.15) is 0 Å². The molecule has 1 aliphatic carbocycles. The number of aliphatic carboxylic acids is 2. The first-order chi connectivity index (χ1) is 7.76. The molecule has 6 nitrogen and oxygen atoms in total. The van der Waals surface area contributed by atoms with E-state index in [-0.39, 0.29) is 0 Å². The summed E-state index contributed by atoms with van der Waals surface area (Å²) in [4.78, 5) is 21.0. The number of carbonyl (C=O) groups is 2. The molecule has 0 aromatic carbocycles. The molecule has 1 N–H and O–H groups in total. The van der Waals surface area contributed by atoms with Crippen molar-refractivity contribution >= 4 is 11.9 Å². The molecular weight excluding hydrogens is 216 g/mol. The Labute approximate surface area is 92.2 Å². The summed E-state index contributed by atoms with van der Waals surface area (Å²) in [5.74, 6) is -4.29. The molecule has 0 heterocycles. The molecule has 1 aliphatic rings. The molecule has 86 valence electrons. The van der Waals surface area contributed by atoms with Crippen LogP contribution in [0.25, 0.3) is 0 Å². The van der Waals surface area contributed by atoms with Gasteiger partial charge in [0.25, 0.3) is 0 Å². The average molecular weight is 225 g/mol. The van der Waals surface area contributed by atoms with Gasteiger partial charge < -0.3 is 29.6 Å². The van der Waals surface area contributed by atoms with Gasteiger partial charge in [-0.3, -0.25) is 0 Å². The molecule has 6 heteroatoms. The van der Waals surface area contributed by atoms with Gasteiger partial charge in [-0.05, 0) is 6.08 Å². The largest absolute Gasteiger partial charge is 0.545 e. The number of allylic oxidation sites excluding steroid dienone is 2. The average Bonchev–Trinajstić information content (AvgIpc) is 2.19. The first kappa shape index (κ1) is 10.4. The molecule has 0 saturated heterocycles. The zero-order chi connectivity index (χ0) is 13.2. The van der Waals surface area contributed by atoms with Crippen molar-refractivity contribution in [2.45, 2.75) is 12.2 Å². The normalized spacial score (nSPS) is 28.9. The molecule has 0 aromatic heterocycles. The van der Waals surface area contributed by atoms with Gasteiger partial charge in [0, 0.05) is 5.57 Å². The SMILES string of the molecule is [2H][C@]1(O)C(C(=O)[O-])=CC=C[C@@H]1OC(=C)C(=O)[O-]. The van der Waals surface area contributed by atoms with Gasteiger partial charge >= 0.3 is 0 Å². The number of hydrogen-bond acceptors (Lipinski definition) is 6. The highest BCUT2D eigenvalue weighted by atomic mass is 16.5. The van der Waals surface area contributed by atoms with E-state index in [9.17, 15) is 24.9 Å². The van der Waals surface area contributed by atoms with Crippen molar-refractivity contribution in [2.24, 2.45) is 0 Å². The van der Waals surface area contributed by atoms with E-state index in [2.05, 4.69) is 11.3 Å². The third kappa shape index (κ3) is 2.48. The minimum Gasteiger partial charge on any atom is -0.545 e. The minimum absolute atomic E-state index is 0.740. The number of carbonyl (C=O) groups excluding carboxylic acids is 2. The van der Waals surface area contributed by atoms with Crippen molar-refractivity contribution in [1.29, 1.82) is 0 Å². The van der Waals surface area contributed by atoms with Crippen molar-refractivity contribution in [3.05, 3.63) is 36.1 Å². The third-order valence-electron chi connectivity index (χ3n) is 1.81. The molecule has 0 radical (unpaired) electrons. The van der Waals surface area contributed by atoms with Crippen LogP contribution >= 0.6 is 0 Å². The Morgan fingerprint density at radius 3 is 2.69 bits per heavy atom. The second kappa shape index (κ2) is 4.63. The second-order valence-corrected chi connectivity index (χ2v) is 2.89. The maximum absolute atomic E-state index is 10.6. The molecule has 0 aromatic rings. The molecule has 0 spiro atoms. The summed E-state index contributed by atoms with van der Waals surface area (Å²) in [5, 5.41) is 30.6. The van der Waals surface area contributed by atoms with E-state index < -0.39 is 35.5 Å². The van der Waals surface area contributed by atoms with Crippen LogP contribution in [0, 0.1) is 0 Å². The summed E-state index contributed by atoms with van der Waals surface area (Å²) < 4.78 is 12.1. The van der Waals surface area contributed by atoms with Crippen LogP contribution < -0.4 is 10.2 Å². The molecule has 0 aliphatic heterocycles. The molecular formula is C10H8O6-2. The van der Waals surface area contributed by atoms with Crippen molar-refractivity contribution in [3.8, 4) is 0 Å². The number of rotatable bonds is 4. The third-order valence-corrected chi connectivity index (χ3v) is 1.81. The second-order valence-electron chi connectivity index (χ2n) is 2.89. The lowest BCUT2D eigenvalue weighted by molar-refractivity contribution is -0.303. The van der Waals surface area contributed by atoms with E-state index in [0.717, 1.165) is 12.2 Å². The predicted octanol–water partition coefficient (Wildman–Crippen LogP) is -2.76. The summed E-state index contributed by atoms with van der Waals surface area (Å²) in [6.45, 7) is 2.99. The summed E-state index contributed by atoms with van der Waals surface area (Å²) >= 11 is 0. The van der Waals surface area contributed by atoms with Crippen LogP contribution in [-0.2, 0) is 14.3 Å². The first-order valence-electron chi connectivity index (χ1n) is 4.66. The lowest BCUT2D eigenvalue weighted by Gasteiger charge is -2.27. The zero-order valence-electron chi connectivity index (χ0n) is 9.00. The number of hydrogen-bond donors (Lipinski definition) is 1. The van der Waals surface area contributed by atoms with E-state index in [4.69, 9.17) is 1.37 Å². The Balaban J connectivity index is 2.95. The fraction of sp³-hybridized carbons (Fsp3) is 0.200. The predicted molar refractivity (Wildman–Crippen MR) is 47.3 cm³/mol.